The molecule has 1 aliphatic heterocycles. The van der Waals surface area contributed by atoms with Crippen molar-refractivity contribution in [2.24, 2.45) is 11.8 Å². The summed E-state index contributed by atoms with van der Waals surface area (Å²) >= 11 is 0. The van der Waals surface area contributed by atoms with Gasteiger partial charge < -0.3 is 4.90 Å². The Morgan fingerprint density at radius 1 is 1.12 bits per heavy atom. The summed E-state index contributed by atoms with van der Waals surface area (Å²) in [4.78, 5) is 20.5. The molecule has 2 heterocycles. The molecule has 2 aliphatic rings. The first-order valence-corrected chi connectivity index (χ1v) is 9.53. The quantitative estimate of drug-likeness (QED) is 0.848. The Kier molecular flexibility index (Phi) is 4.77. The fraction of sp³-hybridized carbons (Fsp3) is 0.455. The van der Waals surface area contributed by atoms with E-state index in [-0.39, 0.29) is 0 Å². The van der Waals surface area contributed by atoms with Gasteiger partial charge in [-0.2, -0.15) is 0 Å². The van der Waals surface area contributed by atoms with Crippen LogP contribution in [0.3, 0.4) is 0 Å². The zero-order chi connectivity index (χ0) is 18.1. The molecule has 26 heavy (non-hydrogen) atoms. The predicted octanol–water partition coefficient (Wildman–Crippen LogP) is 3.44. The summed E-state index contributed by atoms with van der Waals surface area (Å²) in [5.74, 6) is 1.58. The van der Waals surface area contributed by atoms with Gasteiger partial charge in [-0.3, -0.25) is 14.7 Å². The number of amides is 1. The lowest BCUT2D eigenvalue weighted by atomic mass is 9.88. The van der Waals surface area contributed by atoms with Gasteiger partial charge in [0.05, 0.1) is 0 Å². The molecule has 3 atom stereocenters. The minimum atomic E-state index is 0.320. The molecule has 1 saturated carbocycles. The van der Waals surface area contributed by atoms with Crippen molar-refractivity contribution >= 4 is 5.91 Å². The molecule has 0 radical (unpaired) electrons. The van der Waals surface area contributed by atoms with Crippen molar-refractivity contribution in [1.29, 1.82) is 0 Å². The van der Waals surface area contributed by atoms with Crippen LogP contribution < -0.4 is 0 Å². The summed E-state index contributed by atoms with van der Waals surface area (Å²) in [5, 5.41) is 0. The van der Waals surface area contributed by atoms with Gasteiger partial charge in [0.1, 0.15) is 0 Å². The average molecular weight is 349 g/mol. The molecule has 4 heteroatoms. The van der Waals surface area contributed by atoms with Crippen molar-refractivity contribution in [1.82, 2.24) is 14.8 Å². The van der Waals surface area contributed by atoms with Gasteiger partial charge in [-0.1, -0.05) is 30.3 Å². The maximum atomic E-state index is 12.0. The molecule has 0 bridgehead atoms. The topological polar surface area (TPSA) is 36.4 Å². The van der Waals surface area contributed by atoms with E-state index >= 15 is 0 Å². The Morgan fingerprint density at radius 2 is 1.88 bits per heavy atom. The number of rotatable bonds is 4. The number of likely N-dealkylation sites (tertiary alicyclic amines) is 1. The van der Waals surface area contributed by atoms with Crippen LogP contribution in [0.25, 0.3) is 11.1 Å². The van der Waals surface area contributed by atoms with Crippen LogP contribution in [-0.4, -0.2) is 47.4 Å². The molecule has 2 aromatic rings. The monoisotopic (exact) mass is 349 g/mol. The highest BCUT2D eigenvalue weighted by Crippen LogP contribution is 2.40. The van der Waals surface area contributed by atoms with Gasteiger partial charge in [0.25, 0.3) is 0 Å². The van der Waals surface area contributed by atoms with Gasteiger partial charge in [0.15, 0.2) is 0 Å². The first-order chi connectivity index (χ1) is 12.6. The van der Waals surface area contributed by atoms with E-state index in [1.165, 1.54) is 17.5 Å². The van der Waals surface area contributed by atoms with E-state index in [0.717, 1.165) is 31.5 Å². The fourth-order valence-electron chi connectivity index (χ4n) is 4.60. The van der Waals surface area contributed by atoms with E-state index < -0.39 is 0 Å². The summed E-state index contributed by atoms with van der Waals surface area (Å²) in [6.45, 7) is 1.90. The van der Waals surface area contributed by atoms with Gasteiger partial charge in [-0.25, -0.2) is 0 Å². The Labute approximate surface area is 155 Å². The van der Waals surface area contributed by atoms with Gasteiger partial charge >= 0.3 is 0 Å². The van der Waals surface area contributed by atoms with Crippen LogP contribution >= 0.6 is 0 Å². The van der Waals surface area contributed by atoms with Crippen LogP contribution in [0.2, 0.25) is 0 Å². The highest BCUT2D eigenvalue weighted by molar-refractivity contribution is 5.77. The molecule has 1 saturated heterocycles. The summed E-state index contributed by atoms with van der Waals surface area (Å²) < 4.78 is 0. The molecule has 1 aromatic heterocycles. The van der Waals surface area contributed by atoms with Crippen molar-refractivity contribution in [3.8, 4) is 11.1 Å². The van der Waals surface area contributed by atoms with Crippen LogP contribution in [0, 0.1) is 11.8 Å². The zero-order valence-corrected chi connectivity index (χ0v) is 15.6. The number of aromatic nitrogens is 1. The summed E-state index contributed by atoms with van der Waals surface area (Å²) in [7, 11) is 4.17. The van der Waals surface area contributed by atoms with Crippen LogP contribution in [-0.2, 0) is 11.3 Å². The van der Waals surface area contributed by atoms with Gasteiger partial charge in [0.2, 0.25) is 5.91 Å². The molecule has 1 aromatic carbocycles. The maximum absolute atomic E-state index is 12.0. The molecular weight excluding hydrogens is 322 g/mol. The number of carbonyl (C=O) groups excluding carboxylic acids is 1. The van der Waals surface area contributed by atoms with E-state index in [4.69, 9.17) is 0 Å². The second-order valence-electron chi connectivity index (χ2n) is 7.98. The van der Waals surface area contributed by atoms with E-state index in [9.17, 15) is 4.79 Å². The van der Waals surface area contributed by atoms with Crippen molar-refractivity contribution in [3.63, 3.8) is 0 Å². The summed E-state index contributed by atoms with van der Waals surface area (Å²) in [5.41, 5.74) is 3.70. The van der Waals surface area contributed by atoms with E-state index in [1.54, 1.807) is 6.20 Å². The number of piperidine rings is 1. The standard InChI is InChI=1S/C22H27N3O/c1-24(21-10-19-12-22(26)25(2)15-20(19)11-21)14-16-5-7-17(8-6-16)18-4-3-9-23-13-18/h3-9,13,19-21H,10-12,14-15H2,1-2H3/t19-,20+,21-/m0/s1. The highest BCUT2D eigenvalue weighted by Gasteiger charge is 2.41. The highest BCUT2D eigenvalue weighted by atomic mass is 16.2. The Hall–Kier alpha value is -2.20. The Morgan fingerprint density at radius 3 is 2.62 bits per heavy atom. The SMILES string of the molecule is CN1C[C@H]2C[C@@H](N(C)Cc3ccc(-c4cccnc4)cc3)C[C@H]2CC1=O. The molecule has 1 amide bonds. The molecule has 0 spiro atoms. The van der Waals surface area contributed by atoms with Crippen LogP contribution in [0.5, 0.6) is 0 Å². The first-order valence-electron chi connectivity index (χ1n) is 9.53. The molecular formula is C22H27N3O. The maximum Gasteiger partial charge on any atom is 0.222 e. The Bertz CT molecular complexity index is 759. The first kappa shape index (κ1) is 17.2. The van der Waals surface area contributed by atoms with Crippen LogP contribution in [0.15, 0.2) is 48.8 Å². The van der Waals surface area contributed by atoms with Gasteiger partial charge in [0, 0.05) is 45.0 Å². The minimum Gasteiger partial charge on any atom is -0.345 e. The number of fused-ring (bicyclic) bond motifs is 1. The smallest absolute Gasteiger partial charge is 0.222 e. The van der Waals surface area contributed by atoms with Gasteiger partial charge in [-0.15, -0.1) is 0 Å². The second-order valence-corrected chi connectivity index (χ2v) is 7.98. The fourth-order valence-corrected chi connectivity index (χ4v) is 4.60. The van der Waals surface area contributed by atoms with E-state index in [2.05, 4.69) is 47.3 Å². The largest absolute Gasteiger partial charge is 0.345 e. The number of nitrogens with zero attached hydrogens (tertiary/aromatic N) is 3. The van der Waals surface area contributed by atoms with Crippen LogP contribution in [0.4, 0.5) is 0 Å². The second kappa shape index (κ2) is 7.20. The molecule has 136 valence electrons. The van der Waals surface area contributed by atoms with Crippen molar-refractivity contribution in [2.45, 2.75) is 31.8 Å². The van der Waals surface area contributed by atoms with Crippen molar-refractivity contribution < 1.29 is 4.79 Å². The molecule has 4 nitrogen and oxygen atoms in total. The van der Waals surface area contributed by atoms with Crippen LogP contribution in [0.1, 0.15) is 24.8 Å². The number of benzene rings is 1. The Balaban J connectivity index is 1.38. The minimum absolute atomic E-state index is 0.320. The van der Waals surface area contributed by atoms with E-state index in [0.29, 0.717) is 23.8 Å². The van der Waals surface area contributed by atoms with Crippen molar-refractivity contribution in [2.75, 3.05) is 20.6 Å². The predicted molar refractivity (Wildman–Crippen MR) is 103 cm³/mol. The lowest BCUT2D eigenvalue weighted by molar-refractivity contribution is -0.134. The number of hydrogen-bond acceptors (Lipinski definition) is 3. The molecule has 0 N–H and O–H groups in total. The normalized spacial score (nSPS) is 25.6. The molecule has 0 unspecified atom stereocenters. The number of carbonyl (C=O) groups is 1. The molecule has 1 aliphatic carbocycles. The summed E-state index contributed by atoms with van der Waals surface area (Å²) in [6, 6.07) is 13.5. The molecule has 2 fully saturated rings. The third-order valence-corrected chi connectivity index (χ3v) is 6.19. The van der Waals surface area contributed by atoms with Crippen molar-refractivity contribution in [3.05, 3.63) is 54.4 Å². The summed E-state index contributed by atoms with van der Waals surface area (Å²) in [6.07, 6.45) is 6.82. The number of pyridine rings is 1. The van der Waals surface area contributed by atoms with E-state index in [1.807, 2.05) is 24.2 Å². The van der Waals surface area contributed by atoms with Gasteiger partial charge in [-0.05, 0) is 54.5 Å². The lowest BCUT2D eigenvalue weighted by Gasteiger charge is -2.31. The zero-order valence-electron chi connectivity index (χ0n) is 15.6. The third kappa shape index (κ3) is 3.51. The average Bonchev–Trinajstić information content (AvgIpc) is 3.06. The lowest BCUT2D eigenvalue weighted by Crippen LogP contribution is -2.39. The molecule has 4 rings (SSSR count). The number of hydrogen-bond donors (Lipinski definition) is 0. The third-order valence-electron chi connectivity index (χ3n) is 6.19.